The highest BCUT2D eigenvalue weighted by molar-refractivity contribution is 5.99. The van der Waals surface area contributed by atoms with Crippen molar-refractivity contribution in [1.29, 1.82) is 0 Å². The summed E-state index contributed by atoms with van der Waals surface area (Å²) in [6.07, 6.45) is 7.67. The van der Waals surface area contributed by atoms with Crippen LogP contribution in [0.15, 0.2) is 30.7 Å². The molecule has 0 saturated heterocycles. The van der Waals surface area contributed by atoms with Gasteiger partial charge in [-0.05, 0) is 38.3 Å². The van der Waals surface area contributed by atoms with E-state index in [4.69, 9.17) is 5.73 Å². The Morgan fingerprint density at radius 3 is 2.80 bits per heavy atom. The molecule has 0 aliphatic heterocycles. The number of nitrogens with zero attached hydrogens (tertiary/aromatic N) is 3. The minimum atomic E-state index is -0.725. The second-order valence-corrected chi connectivity index (χ2v) is 5.18. The fourth-order valence-electron chi connectivity index (χ4n) is 2.32. The van der Waals surface area contributed by atoms with E-state index in [1.807, 2.05) is 23.8 Å². The molecule has 1 fully saturated rings. The van der Waals surface area contributed by atoms with E-state index < -0.39 is 5.54 Å². The molecule has 1 saturated carbocycles. The van der Waals surface area contributed by atoms with Gasteiger partial charge in [-0.3, -0.25) is 9.36 Å². The van der Waals surface area contributed by atoms with Gasteiger partial charge < -0.3 is 11.1 Å². The number of nitrogens with one attached hydrogen (secondary N) is 1. The van der Waals surface area contributed by atoms with Gasteiger partial charge in [-0.2, -0.15) is 0 Å². The molecule has 6 nitrogen and oxygen atoms in total. The molecular weight excluding hydrogens is 254 g/mol. The van der Waals surface area contributed by atoms with Crippen molar-refractivity contribution >= 4 is 11.6 Å². The number of pyridine rings is 1. The highest BCUT2D eigenvalue weighted by Gasteiger charge is 2.40. The Balaban J connectivity index is 1.91. The highest BCUT2D eigenvalue weighted by atomic mass is 16.2. The fraction of sp³-hybridized carbons (Fsp3) is 0.357. The minimum Gasteiger partial charge on any atom is -0.321 e. The summed E-state index contributed by atoms with van der Waals surface area (Å²) in [5.41, 5.74) is 5.96. The van der Waals surface area contributed by atoms with Crippen molar-refractivity contribution in [3.8, 4) is 5.82 Å². The summed E-state index contributed by atoms with van der Waals surface area (Å²) >= 11 is 0. The quantitative estimate of drug-likeness (QED) is 0.883. The van der Waals surface area contributed by atoms with Crippen LogP contribution in [0.25, 0.3) is 5.82 Å². The van der Waals surface area contributed by atoms with Crippen molar-refractivity contribution in [2.45, 2.75) is 31.7 Å². The van der Waals surface area contributed by atoms with E-state index in [2.05, 4.69) is 15.3 Å². The minimum absolute atomic E-state index is 0.143. The Bertz CT molecular complexity index is 645. The average molecular weight is 271 g/mol. The zero-order valence-corrected chi connectivity index (χ0v) is 11.3. The van der Waals surface area contributed by atoms with Gasteiger partial charge >= 0.3 is 0 Å². The van der Waals surface area contributed by atoms with Crippen LogP contribution in [-0.4, -0.2) is 26.0 Å². The normalized spacial score (nSPS) is 16.5. The summed E-state index contributed by atoms with van der Waals surface area (Å²) in [7, 11) is 0. The molecule has 0 radical (unpaired) electrons. The summed E-state index contributed by atoms with van der Waals surface area (Å²) in [5, 5.41) is 2.89. The van der Waals surface area contributed by atoms with Gasteiger partial charge in [0.15, 0.2) is 5.82 Å². The molecule has 20 heavy (non-hydrogen) atoms. The first-order chi connectivity index (χ1) is 9.60. The second kappa shape index (κ2) is 4.72. The molecule has 0 bridgehead atoms. The number of rotatable bonds is 3. The number of hydrogen-bond acceptors (Lipinski definition) is 4. The van der Waals surface area contributed by atoms with Crippen LogP contribution in [0.5, 0.6) is 0 Å². The van der Waals surface area contributed by atoms with Gasteiger partial charge in [0.05, 0.1) is 11.2 Å². The molecule has 2 aromatic heterocycles. The van der Waals surface area contributed by atoms with Crippen LogP contribution in [0.3, 0.4) is 0 Å². The molecule has 0 atom stereocenters. The molecule has 0 unspecified atom stereocenters. The maximum absolute atomic E-state index is 12.2. The average Bonchev–Trinajstić information content (AvgIpc) is 2.82. The summed E-state index contributed by atoms with van der Waals surface area (Å²) in [5.74, 6) is 1.32. The van der Waals surface area contributed by atoms with Crippen molar-refractivity contribution in [2.24, 2.45) is 5.73 Å². The van der Waals surface area contributed by atoms with E-state index in [0.29, 0.717) is 11.5 Å². The number of amides is 1. The maximum Gasteiger partial charge on any atom is 0.244 e. The van der Waals surface area contributed by atoms with Gasteiger partial charge in [-0.15, -0.1) is 0 Å². The number of carbonyl (C=O) groups is 1. The highest BCUT2D eigenvalue weighted by Crippen LogP contribution is 2.31. The Kier molecular flexibility index (Phi) is 3.02. The van der Waals surface area contributed by atoms with Crippen molar-refractivity contribution in [3.05, 3.63) is 36.5 Å². The first kappa shape index (κ1) is 12.8. The van der Waals surface area contributed by atoms with Crippen LogP contribution in [-0.2, 0) is 4.79 Å². The Hall–Kier alpha value is -2.21. The third-order valence-electron chi connectivity index (χ3n) is 3.79. The van der Waals surface area contributed by atoms with Gasteiger partial charge in [-0.25, -0.2) is 9.97 Å². The van der Waals surface area contributed by atoms with E-state index >= 15 is 0 Å². The van der Waals surface area contributed by atoms with Crippen LogP contribution < -0.4 is 11.1 Å². The van der Waals surface area contributed by atoms with Crippen molar-refractivity contribution in [2.75, 3.05) is 5.32 Å². The molecule has 104 valence electrons. The molecule has 6 heteroatoms. The topological polar surface area (TPSA) is 85.8 Å². The predicted octanol–water partition coefficient (Wildman–Crippen LogP) is 1.40. The van der Waals surface area contributed by atoms with E-state index in [9.17, 15) is 4.79 Å². The third-order valence-corrected chi connectivity index (χ3v) is 3.79. The largest absolute Gasteiger partial charge is 0.321 e. The van der Waals surface area contributed by atoms with Gasteiger partial charge in [0, 0.05) is 18.6 Å². The van der Waals surface area contributed by atoms with Crippen LogP contribution in [0.1, 0.15) is 25.1 Å². The zero-order valence-electron chi connectivity index (χ0n) is 11.3. The van der Waals surface area contributed by atoms with Crippen LogP contribution in [0.4, 0.5) is 5.69 Å². The number of hydrogen-bond donors (Lipinski definition) is 2. The number of aryl methyl sites for hydroxylation is 1. The monoisotopic (exact) mass is 271 g/mol. The Labute approximate surface area is 117 Å². The van der Waals surface area contributed by atoms with Crippen LogP contribution >= 0.6 is 0 Å². The molecule has 0 aromatic carbocycles. The Morgan fingerprint density at radius 2 is 2.20 bits per heavy atom. The second-order valence-electron chi connectivity index (χ2n) is 5.18. The number of carbonyl (C=O) groups excluding carboxylic acids is 1. The van der Waals surface area contributed by atoms with Crippen LogP contribution in [0.2, 0.25) is 0 Å². The van der Waals surface area contributed by atoms with E-state index in [-0.39, 0.29) is 5.91 Å². The molecule has 1 aliphatic carbocycles. The van der Waals surface area contributed by atoms with Gasteiger partial charge in [0.1, 0.15) is 5.82 Å². The van der Waals surface area contributed by atoms with Gasteiger partial charge in [0.2, 0.25) is 5.91 Å². The molecule has 3 rings (SSSR count). The molecule has 2 aromatic rings. The smallest absolute Gasteiger partial charge is 0.244 e. The van der Waals surface area contributed by atoms with Gasteiger partial charge in [0.25, 0.3) is 0 Å². The SMILES string of the molecule is Cc1nccn1-c1ncccc1NC(=O)C1(N)CCC1. The fourth-order valence-corrected chi connectivity index (χ4v) is 2.32. The maximum atomic E-state index is 12.2. The van der Waals surface area contributed by atoms with E-state index in [1.165, 1.54) is 0 Å². The first-order valence-corrected chi connectivity index (χ1v) is 6.66. The standard InChI is InChI=1S/C14H17N5O/c1-10-16-8-9-19(10)12-11(4-2-7-17-12)18-13(20)14(15)5-3-6-14/h2,4,7-9H,3,5-6,15H2,1H3,(H,18,20). The lowest BCUT2D eigenvalue weighted by Gasteiger charge is -2.36. The summed E-state index contributed by atoms with van der Waals surface area (Å²) in [4.78, 5) is 20.7. The van der Waals surface area contributed by atoms with E-state index in [0.717, 1.165) is 25.1 Å². The van der Waals surface area contributed by atoms with Gasteiger partial charge in [-0.1, -0.05) is 0 Å². The van der Waals surface area contributed by atoms with Crippen molar-refractivity contribution < 1.29 is 4.79 Å². The predicted molar refractivity (Wildman–Crippen MR) is 75.5 cm³/mol. The lowest BCUT2D eigenvalue weighted by Crippen LogP contribution is -2.56. The van der Waals surface area contributed by atoms with Crippen molar-refractivity contribution in [3.63, 3.8) is 0 Å². The van der Waals surface area contributed by atoms with Crippen molar-refractivity contribution in [1.82, 2.24) is 14.5 Å². The lowest BCUT2D eigenvalue weighted by atomic mass is 9.77. The summed E-state index contributed by atoms with van der Waals surface area (Å²) < 4.78 is 1.83. The Morgan fingerprint density at radius 1 is 1.40 bits per heavy atom. The first-order valence-electron chi connectivity index (χ1n) is 6.66. The van der Waals surface area contributed by atoms with Crippen LogP contribution in [0, 0.1) is 6.92 Å². The van der Waals surface area contributed by atoms with E-state index in [1.54, 1.807) is 18.5 Å². The number of anilines is 1. The zero-order chi connectivity index (χ0) is 14.2. The number of imidazole rings is 1. The molecule has 2 heterocycles. The third kappa shape index (κ3) is 2.08. The summed E-state index contributed by atoms with van der Waals surface area (Å²) in [6, 6.07) is 3.61. The number of nitrogens with two attached hydrogens (primary N) is 1. The molecular formula is C14H17N5O. The number of aromatic nitrogens is 3. The lowest BCUT2D eigenvalue weighted by molar-refractivity contribution is -0.123. The molecule has 0 spiro atoms. The molecule has 1 aliphatic rings. The molecule has 1 amide bonds. The summed E-state index contributed by atoms with van der Waals surface area (Å²) in [6.45, 7) is 1.89. The molecule has 3 N–H and O–H groups in total.